The Morgan fingerprint density at radius 2 is 0.934 bits per heavy atom. The van der Waals surface area contributed by atoms with Gasteiger partial charge in [0.2, 0.25) is 0 Å². The molecule has 6 heteroatoms. The fourth-order valence-corrected chi connectivity index (χ4v) is 12.6. The first kappa shape index (κ1) is 46.6. The number of anilines is 5. The second kappa shape index (κ2) is 15.8. The number of aromatic nitrogens is 1. The van der Waals surface area contributed by atoms with E-state index in [-0.39, 0.29) is 28.5 Å². The quantitative estimate of drug-likeness (QED) is 0.165. The molecule has 14 rings (SSSR count). The second-order valence-electron chi connectivity index (χ2n) is 25.8. The maximum atomic E-state index is 7.23. The molecule has 0 atom stereocenters. The molecule has 0 saturated carbocycles. The van der Waals surface area contributed by atoms with E-state index < -0.39 is 0 Å². The summed E-state index contributed by atoms with van der Waals surface area (Å²) in [6.45, 7) is 27.5. The predicted molar refractivity (Wildman–Crippen MR) is 324 cm³/mol. The molecule has 76 heavy (non-hydrogen) atoms. The van der Waals surface area contributed by atoms with Crippen LogP contribution >= 0.6 is 0 Å². The molecule has 374 valence electrons. The van der Waals surface area contributed by atoms with Crippen LogP contribution in [-0.4, -0.2) is 11.4 Å². The predicted octanol–water partition coefficient (Wildman–Crippen LogP) is 18.5. The van der Waals surface area contributed by atoms with E-state index in [2.05, 4.69) is 267 Å². The zero-order valence-electron chi connectivity index (χ0n) is 45.9. The highest BCUT2D eigenvalue weighted by Crippen LogP contribution is 2.53. The molecule has 0 spiro atoms. The average molecular weight is 990 g/mol. The van der Waals surface area contributed by atoms with Crippen LogP contribution < -0.4 is 20.6 Å². The smallest absolute Gasteiger partial charge is 0.333 e. The molecule has 0 N–H and O–H groups in total. The van der Waals surface area contributed by atoms with Crippen molar-refractivity contribution in [3.63, 3.8) is 0 Å². The van der Waals surface area contributed by atoms with Crippen LogP contribution in [0.5, 0.6) is 0 Å². The van der Waals surface area contributed by atoms with Gasteiger partial charge < -0.3 is 23.1 Å². The first-order valence-electron chi connectivity index (χ1n) is 27.2. The van der Waals surface area contributed by atoms with E-state index in [0.29, 0.717) is 0 Å². The summed E-state index contributed by atoms with van der Waals surface area (Å²) in [5.74, 6) is 0. The zero-order chi connectivity index (χ0) is 52.5. The molecule has 0 fully saturated rings. The van der Waals surface area contributed by atoms with Gasteiger partial charge in [-0.25, -0.2) is 0 Å². The van der Waals surface area contributed by atoms with E-state index in [1.165, 1.54) is 55.0 Å². The highest BCUT2D eigenvalue weighted by molar-refractivity contribution is 6.94. The number of furan rings is 2. The summed E-state index contributed by atoms with van der Waals surface area (Å²) < 4.78 is 16.9. The van der Waals surface area contributed by atoms with Gasteiger partial charge in [-0.2, -0.15) is 0 Å². The molecule has 0 saturated heterocycles. The van der Waals surface area contributed by atoms with Gasteiger partial charge in [0.25, 0.3) is 0 Å². The van der Waals surface area contributed by atoms with E-state index in [4.69, 9.17) is 8.83 Å². The third-order valence-electron chi connectivity index (χ3n) is 16.8. The summed E-state index contributed by atoms with van der Waals surface area (Å²) in [7, 11) is 0. The standard InChI is InChI=1S/C70H64BN3O2/c1-67(2,3)41-24-29-45(30-25-41)72(46-31-26-42(27-32-46)68(4,5)6)47-39-54-62-57(35-33-51-49-19-14-16-23-61(49)76-66(51)62)74(58-21-17-20-50-48-18-13-15-22-60(48)75-65(50)58)71-55-38-44(70(10,11)12)37-53-52-36-43(69(7,8)9)28-34-56(52)73(64(53)55)59(40-47)63(54)71/h13-40H,1-12H3. The van der Waals surface area contributed by atoms with Gasteiger partial charge in [-0.1, -0.05) is 168 Å². The number of rotatable bonds is 4. The Bertz CT molecular complexity index is 4330. The molecule has 9 aromatic carbocycles. The van der Waals surface area contributed by atoms with Gasteiger partial charge in [-0.3, -0.25) is 0 Å². The van der Waals surface area contributed by atoms with Crippen LogP contribution in [0.3, 0.4) is 0 Å². The highest BCUT2D eigenvalue weighted by atomic mass is 16.3. The van der Waals surface area contributed by atoms with Gasteiger partial charge in [0.05, 0.1) is 16.7 Å². The van der Waals surface area contributed by atoms with Crippen molar-refractivity contribution in [3.8, 4) is 16.8 Å². The summed E-state index contributed by atoms with van der Waals surface area (Å²) >= 11 is 0. The van der Waals surface area contributed by atoms with Gasteiger partial charge in [-0.15, -0.1) is 0 Å². The number of hydrogen-bond acceptors (Lipinski definition) is 4. The van der Waals surface area contributed by atoms with Gasteiger partial charge in [0, 0.05) is 66.3 Å². The van der Waals surface area contributed by atoms with Crippen molar-refractivity contribution in [2.24, 2.45) is 0 Å². The lowest BCUT2D eigenvalue weighted by molar-refractivity contribution is 0.590. The molecule has 5 nitrogen and oxygen atoms in total. The van der Waals surface area contributed by atoms with E-state index in [0.717, 1.165) is 89.1 Å². The molecule has 2 aliphatic heterocycles. The summed E-state index contributed by atoms with van der Waals surface area (Å²) in [4.78, 5) is 5.08. The van der Waals surface area contributed by atoms with Gasteiger partial charge in [0.15, 0.2) is 5.58 Å². The second-order valence-corrected chi connectivity index (χ2v) is 25.8. The Morgan fingerprint density at radius 1 is 0.395 bits per heavy atom. The Balaban J connectivity index is 1.17. The largest absolute Gasteiger partial charge is 0.455 e. The Morgan fingerprint density at radius 3 is 1.54 bits per heavy atom. The highest BCUT2D eigenvalue weighted by Gasteiger charge is 2.47. The SMILES string of the molecule is CC(C)(C)c1ccc(N(c2ccc(C(C)(C)C)cc2)c2cc3c4c(c2)-n2c5ccc(C(C)(C)C)cc5c5cc(C(C)(C)C)cc(c52)B4N(c2cccc4c2oc2ccccc24)c2ccc4c(oc5ccccc54)c2-3)cc1. The van der Waals surface area contributed by atoms with Crippen molar-refractivity contribution in [3.05, 3.63) is 192 Å². The van der Waals surface area contributed by atoms with Crippen molar-refractivity contribution < 1.29 is 8.83 Å². The van der Waals surface area contributed by atoms with E-state index in [1.807, 2.05) is 0 Å². The third-order valence-corrected chi connectivity index (χ3v) is 16.8. The molecular weight excluding hydrogens is 926 g/mol. The minimum absolute atomic E-state index is 0.00306. The fourth-order valence-electron chi connectivity index (χ4n) is 12.6. The first-order chi connectivity index (χ1) is 36.2. The van der Waals surface area contributed by atoms with Crippen molar-refractivity contribution >= 4 is 112 Å². The molecule has 3 aromatic heterocycles. The molecular formula is C70H64BN3O2. The minimum atomic E-state index is -0.263. The van der Waals surface area contributed by atoms with Gasteiger partial charge in [0.1, 0.15) is 16.7 Å². The third kappa shape index (κ3) is 6.84. The number of hydrogen-bond donors (Lipinski definition) is 0. The monoisotopic (exact) mass is 990 g/mol. The van der Waals surface area contributed by atoms with Gasteiger partial charge >= 0.3 is 6.85 Å². The number of para-hydroxylation sites is 3. The molecule has 5 heterocycles. The van der Waals surface area contributed by atoms with Crippen molar-refractivity contribution in [2.45, 2.75) is 105 Å². The molecule has 0 aliphatic carbocycles. The number of nitrogens with zero attached hydrogens (tertiary/aromatic N) is 3. The molecule has 2 aliphatic rings. The van der Waals surface area contributed by atoms with E-state index in [1.54, 1.807) is 0 Å². The van der Waals surface area contributed by atoms with Crippen LogP contribution in [0, 0.1) is 0 Å². The maximum Gasteiger partial charge on any atom is 0.333 e. The molecule has 0 radical (unpaired) electrons. The Kier molecular flexibility index (Phi) is 9.68. The number of benzene rings is 9. The van der Waals surface area contributed by atoms with Crippen LogP contribution in [0.2, 0.25) is 0 Å². The summed E-state index contributed by atoms with van der Waals surface area (Å²) in [6, 6.07) is 64.0. The van der Waals surface area contributed by atoms with Crippen molar-refractivity contribution in [1.82, 2.24) is 4.57 Å². The van der Waals surface area contributed by atoms with Crippen LogP contribution in [0.15, 0.2) is 179 Å². The average Bonchev–Trinajstić information content (AvgIpc) is 4.12. The Hall–Kier alpha value is -7.96. The molecule has 0 unspecified atom stereocenters. The summed E-state index contributed by atoms with van der Waals surface area (Å²) in [5.41, 5.74) is 22.2. The van der Waals surface area contributed by atoms with Crippen LogP contribution in [0.1, 0.15) is 105 Å². The normalized spacial score (nSPS) is 13.7. The maximum absolute atomic E-state index is 7.23. The topological polar surface area (TPSA) is 37.7 Å². The van der Waals surface area contributed by atoms with E-state index >= 15 is 0 Å². The first-order valence-corrected chi connectivity index (χ1v) is 27.2. The number of fused-ring (bicyclic) bond motifs is 14. The molecule has 12 aromatic rings. The zero-order valence-corrected chi connectivity index (χ0v) is 45.9. The fraction of sp³-hybridized carbons (Fsp3) is 0.229. The van der Waals surface area contributed by atoms with Crippen LogP contribution in [0.25, 0.3) is 82.5 Å². The van der Waals surface area contributed by atoms with Crippen molar-refractivity contribution in [1.29, 1.82) is 0 Å². The lowest BCUT2D eigenvalue weighted by Gasteiger charge is -2.43. The van der Waals surface area contributed by atoms with E-state index in [9.17, 15) is 0 Å². The summed E-state index contributed by atoms with van der Waals surface area (Å²) in [5, 5.41) is 6.94. The van der Waals surface area contributed by atoms with Crippen molar-refractivity contribution in [2.75, 3.05) is 9.71 Å². The summed E-state index contributed by atoms with van der Waals surface area (Å²) in [6.07, 6.45) is 0. The van der Waals surface area contributed by atoms with Crippen LogP contribution in [-0.2, 0) is 21.7 Å². The minimum Gasteiger partial charge on any atom is -0.455 e. The molecule has 0 bridgehead atoms. The molecule has 0 amide bonds. The lowest BCUT2D eigenvalue weighted by atomic mass is 9.43. The Labute approximate surface area is 446 Å². The lowest BCUT2D eigenvalue weighted by Crippen LogP contribution is -2.61. The van der Waals surface area contributed by atoms with Gasteiger partial charge in [-0.05, 0) is 145 Å². The van der Waals surface area contributed by atoms with Crippen LogP contribution in [0.4, 0.5) is 28.4 Å².